The van der Waals surface area contributed by atoms with E-state index in [1.807, 2.05) is 0 Å². The van der Waals surface area contributed by atoms with Gasteiger partial charge in [0.1, 0.15) is 6.04 Å². The SMILES string of the molecule is CC1C(=O)Nc2cc(S(C)(=O)=O)ccc2N1C(=O)c1ccc(C(F)(F)F)cc1. The van der Waals surface area contributed by atoms with Crippen molar-refractivity contribution in [3.8, 4) is 0 Å². The Morgan fingerprint density at radius 2 is 1.71 bits per heavy atom. The third-order valence-electron chi connectivity index (χ3n) is 4.36. The van der Waals surface area contributed by atoms with E-state index < -0.39 is 39.4 Å². The number of carbonyl (C=O) groups excluding carboxylic acids is 2. The van der Waals surface area contributed by atoms with Gasteiger partial charge in [-0.2, -0.15) is 13.2 Å². The van der Waals surface area contributed by atoms with Crippen LogP contribution in [0.5, 0.6) is 0 Å². The lowest BCUT2D eigenvalue weighted by atomic mass is 10.1. The minimum absolute atomic E-state index is 0.0345. The number of hydrogen-bond donors (Lipinski definition) is 1. The Kier molecular flexibility index (Phi) is 4.70. The van der Waals surface area contributed by atoms with E-state index in [9.17, 15) is 31.2 Å². The van der Waals surface area contributed by atoms with Crippen LogP contribution in [-0.2, 0) is 20.8 Å². The highest BCUT2D eigenvalue weighted by Gasteiger charge is 2.35. The summed E-state index contributed by atoms with van der Waals surface area (Å²) in [5.74, 6) is -1.22. The van der Waals surface area contributed by atoms with Crippen molar-refractivity contribution in [1.29, 1.82) is 0 Å². The van der Waals surface area contributed by atoms with Crippen LogP contribution in [0, 0.1) is 0 Å². The Morgan fingerprint density at radius 3 is 2.25 bits per heavy atom. The van der Waals surface area contributed by atoms with Gasteiger partial charge in [-0.25, -0.2) is 8.42 Å². The molecule has 1 N–H and O–H groups in total. The van der Waals surface area contributed by atoms with Crippen molar-refractivity contribution in [1.82, 2.24) is 0 Å². The normalized spacial score (nSPS) is 17.1. The molecule has 0 spiro atoms. The van der Waals surface area contributed by atoms with Gasteiger partial charge in [0, 0.05) is 11.8 Å². The van der Waals surface area contributed by atoms with E-state index in [2.05, 4.69) is 5.32 Å². The van der Waals surface area contributed by atoms with Crippen molar-refractivity contribution in [3.05, 3.63) is 53.6 Å². The minimum atomic E-state index is -4.53. The van der Waals surface area contributed by atoms with Gasteiger partial charge < -0.3 is 5.32 Å². The fraction of sp³-hybridized carbons (Fsp3) is 0.222. The highest BCUT2D eigenvalue weighted by molar-refractivity contribution is 7.90. The molecule has 1 unspecified atom stereocenters. The number of nitrogens with one attached hydrogen (secondary N) is 1. The predicted molar refractivity (Wildman–Crippen MR) is 95.9 cm³/mol. The van der Waals surface area contributed by atoms with Gasteiger partial charge in [0.15, 0.2) is 9.84 Å². The second-order valence-electron chi connectivity index (χ2n) is 6.37. The molecule has 3 rings (SSSR count). The standard InChI is InChI=1S/C18H15F3N2O4S/c1-10-16(24)22-14-9-13(28(2,26)27)7-8-15(14)23(10)17(25)11-3-5-12(6-4-11)18(19,20)21/h3-10H,1-2H3,(H,22,24). The van der Waals surface area contributed by atoms with Gasteiger partial charge in [-0.05, 0) is 49.4 Å². The molecule has 10 heteroatoms. The zero-order chi connectivity index (χ0) is 20.9. The second kappa shape index (κ2) is 6.62. The first kappa shape index (κ1) is 19.9. The molecular weight excluding hydrogens is 397 g/mol. The van der Waals surface area contributed by atoms with Crippen LogP contribution in [0.4, 0.5) is 24.5 Å². The fourth-order valence-electron chi connectivity index (χ4n) is 2.85. The van der Waals surface area contributed by atoms with Crippen LogP contribution in [0.25, 0.3) is 0 Å². The molecule has 0 radical (unpaired) electrons. The van der Waals surface area contributed by atoms with Crippen molar-refractivity contribution in [2.45, 2.75) is 24.0 Å². The Bertz CT molecular complexity index is 1060. The highest BCUT2D eigenvalue weighted by atomic mass is 32.2. The molecule has 28 heavy (non-hydrogen) atoms. The number of anilines is 2. The summed E-state index contributed by atoms with van der Waals surface area (Å²) in [4.78, 5) is 26.2. The molecule has 1 atom stereocenters. The Balaban J connectivity index is 2.04. The second-order valence-corrected chi connectivity index (χ2v) is 8.38. The van der Waals surface area contributed by atoms with Crippen molar-refractivity contribution >= 4 is 33.0 Å². The van der Waals surface area contributed by atoms with E-state index in [4.69, 9.17) is 0 Å². The van der Waals surface area contributed by atoms with Crippen LogP contribution in [0.15, 0.2) is 47.4 Å². The number of fused-ring (bicyclic) bond motifs is 1. The molecule has 2 amide bonds. The molecule has 1 aliphatic heterocycles. The fourth-order valence-corrected chi connectivity index (χ4v) is 3.49. The molecule has 0 saturated heterocycles. The highest BCUT2D eigenvalue weighted by Crippen LogP contribution is 2.35. The van der Waals surface area contributed by atoms with E-state index in [1.165, 1.54) is 25.1 Å². The number of amides is 2. The smallest absolute Gasteiger partial charge is 0.322 e. The molecule has 2 aromatic carbocycles. The van der Waals surface area contributed by atoms with Crippen molar-refractivity contribution in [2.75, 3.05) is 16.5 Å². The topological polar surface area (TPSA) is 83.6 Å². The van der Waals surface area contributed by atoms with Crippen molar-refractivity contribution in [3.63, 3.8) is 0 Å². The lowest BCUT2D eigenvalue weighted by Gasteiger charge is -2.34. The number of halogens is 3. The average Bonchev–Trinajstić information content (AvgIpc) is 2.60. The molecule has 0 fully saturated rings. The summed E-state index contributed by atoms with van der Waals surface area (Å²) in [6, 6.07) is 6.62. The predicted octanol–water partition coefficient (Wildman–Crippen LogP) is 3.10. The first-order valence-electron chi connectivity index (χ1n) is 8.05. The van der Waals surface area contributed by atoms with Gasteiger partial charge >= 0.3 is 6.18 Å². The van der Waals surface area contributed by atoms with Crippen LogP contribution < -0.4 is 10.2 Å². The number of alkyl halides is 3. The zero-order valence-electron chi connectivity index (χ0n) is 14.7. The van der Waals surface area contributed by atoms with Gasteiger partial charge in [-0.15, -0.1) is 0 Å². The van der Waals surface area contributed by atoms with Gasteiger partial charge in [0.05, 0.1) is 21.8 Å². The maximum atomic E-state index is 12.9. The quantitative estimate of drug-likeness (QED) is 0.822. The molecule has 2 aromatic rings. The minimum Gasteiger partial charge on any atom is -0.322 e. The Morgan fingerprint density at radius 1 is 1.11 bits per heavy atom. The Labute approximate surface area is 158 Å². The van der Waals surface area contributed by atoms with E-state index in [0.717, 1.165) is 35.4 Å². The number of carbonyl (C=O) groups is 2. The van der Waals surface area contributed by atoms with Crippen LogP contribution in [0.2, 0.25) is 0 Å². The van der Waals surface area contributed by atoms with E-state index in [0.29, 0.717) is 0 Å². The van der Waals surface area contributed by atoms with Gasteiger partial charge in [0.2, 0.25) is 5.91 Å². The van der Waals surface area contributed by atoms with Crippen LogP contribution in [-0.4, -0.2) is 32.5 Å². The number of rotatable bonds is 2. The summed E-state index contributed by atoms with van der Waals surface area (Å²) in [7, 11) is -3.54. The van der Waals surface area contributed by atoms with Crippen molar-refractivity contribution < 1.29 is 31.2 Å². The monoisotopic (exact) mass is 412 g/mol. The first-order valence-corrected chi connectivity index (χ1v) is 9.94. The molecule has 0 saturated carbocycles. The molecule has 1 aliphatic rings. The Hall–Kier alpha value is -2.88. The molecule has 1 heterocycles. The summed E-state index contributed by atoms with van der Waals surface area (Å²) in [6.07, 6.45) is -3.53. The van der Waals surface area contributed by atoms with Gasteiger partial charge in [0.25, 0.3) is 5.91 Å². The maximum absolute atomic E-state index is 12.9. The summed E-state index contributed by atoms with van der Waals surface area (Å²) < 4.78 is 61.6. The first-order chi connectivity index (χ1) is 12.9. The molecule has 0 bridgehead atoms. The molecule has 6 nitrogen and oxygen atoms in total. The summed E-state index contributed by atoms with van der Waals surface area (Å²) in [6.45, 7) is 1.46. The van der Waals surface area contributed by atoms with Crippen molar-refractivity contribution in [2.24, 2.45) is 0 Å². The number of benzene rings is 2. The van der Waals surface area contributed by atoms with Crippen LogP contribution in [0.3, 0.4) is 0 Å². The van der Waals surface area contributed by atoms with E-state index in [1.54, 1.807) is 0 Å². The maximum Gasteiger partial charge on any atom is 0.416 e. The van der Waals surface area contributed by atoms with E-state index >= 15 is 0 Å². The largest absolute Gasteiger partial charge is 0.416 e. The summed E-state index contributed by atoms with van der Waals surface area (Å²) >= 11 is 0. The molecule has 0 aromatic heterocycles. The molecule has 148 valence electrons. The van der Waals surface area contributed by atoms with E-state index in [-0.39, 0.29) is 21.8 Å². The lowest BCUT2D eigenvalue weighted by molar-refractivity contribution is -0.137. The third kappa shape index (κ3) is 3.59. The number of sulfone groups is 1. The zero-order valence-corrected chi connectivity index (χ0v) is 15.6. The third-order valence-corrected chi connectivity index (χ3v) is 5.47. The lowest BCUT2D eigenvalue weighted by Crippen LogP contribution is -2.49. The average molecular weight is 412 g/mol. The van der Waals surface area contributed by atoms with Gasteiger partial charge in [-0.1, -0.05) is 0 Å². The number of nitrogens with zero attached hydrogens (tertiary/aromatic N) is 1. The molecule has 0 aliphatic carbocycles. The summed E-state index contributed by atoms with van der Waals surface area (Å²) in [5, 5.41) is 2.54. The summed E-state index contributed by atoms with van der Waals surface area (Å²) in [5.41, 5.74) is -0.546. The van der Waals surface area contributed by atoms with Crippen LogP contribution in [0.1, 0.15) is 22.8 Å². The number of hydrogen-bond acceptors (Lipinski definition) is 4. The van der Waals surface area contributed by atoms with Crippen LogP contribution >= 0.6 is 0 Å². The van der Waals surface area contributed by atoms with Gasteiger partial charge in [-0.3, -0.25) is 14.5 Å². The molecular formula is C18H15F3N2O4S.